The molecule has 1 aromatic rings. The van der Waals surface area contributed by atoms with E-state index in [1.165, 1.54) is 8.61 Å². The van der Waals surface area contributed by atoms with Gasteiger partial charge in [-0.1, -0.05) is 27.7 Å². The first-order valence-electron chi connectivity index (χ1n) is 9.10. The largest absolute Gasteiger partial charge is 0.494 e. The van der Waals surface area contributed by atoms with Crippen LogP contribution in [0.3, 0.4) is 0 Å². The summed E-state index contributed by atoms with van der Waals surface area (Å²) in [6.07, 6.45) is 0. The molecule has 6 nitrogen and oxygen atoms in total. The van der Waals surface area contributed by atoms with E-state index in [-0.39, 0.29) is 0 Å². The number of rotatable bonds is 5. The van der Waals surface area contributed by atoms with E-state index < -0.39 is 10.2 Å². The molecule has 0 aromatic heterocycles. The topological polar surface area (TPSA) is 53.1 Å². The van der Waals surface area contributed by atoms with E-state index in [0.29, 0.717) is 32.8 Å². The van der Waals surface area contributed by atoms with E-state index in [4.69, 9.17) is 4.74 Å². The predicted molar refractivity (Wildman–Crippen MR) is 107 cm³/mol. The molecule has 1 aromatic carbocycles. The lowest BCUT2D eigenvalue weighted by Crippen LogP contribution is -2.51. The smallest absolute Gasteiger partial charge is 0.281 e. The Morgan fingerprint density at radius 2 is 1.44 bits per heavy atom. The molecule has 1 aliphatic rings. The second kappa shape index (κ2) is 12.1. The van der Waals surface area contributed by atoms with Crippen LogP contribution in [0.4, 0.5) is 5.69 Å². The minimum absolute atomic E-state index is 0.508. The van der Waals surface area contributed by atoms with Gasteiger partial charge in [0.05, 0.1) is 6.61 Å². The van der Waals surface area contributed by atoms with Crippen molar-refractivity contribution < 1.29 is 13.2 Å². The molecule has 0 atom stereocenters. The van der Waals surface area contributed by atoms with Crippen molar-refractivity contribution in [2.45, 2.75) is 34.6 Å². The Kier molecular flexibility index (Phi) is 11.5. The predicted octanol–water partition coefficient (Wildman–Crippen LogP) is 3.07. The molecule has 146 valence electrons. The second-order valence-electron chi connectivity index (χ2n) is 5.10. The molecule has 1 fully saturated rings. The number of benzene rings is 1. The van der Waals surface area contributed by atoms with E-state index in [0.717, 1.165) is 11.4 Å². The number of anilines is 1. The van der Waals surface area contributed by atoms with Crippen molar-refractivity contribution in [3.05, 3.63) is 24.3 Å². The minimum atomic E-state index is -3.30. The minimum Gasteiger partial charge on any atom is -0.494 e. The lowest BCUT2D eigenvalue weighted by molar-refractivity contribution is 0.340. The van der Waals surface area contributed by atoms with Crippen molar-refractivity contribution in [1.29, 1.82) is 0 Å². The van der Waals surface area contributed by atoms with Crippen LogP contribution in [0.15, 0.2) is 24.3 Å². The molecule has 0 bridgehead atoms. The lowest BCUT2D eigenvalue weighted by Gasteiger charge is -2.36. The molecule has 0 spiro atoms. The van der Waals surface area contributed by atoms with Crippen LogP contribution in [-0.4, -0.2) is 63.9 Å². The Hall–Kier alpha value is -1.31. The van der Waals surface area contributed by atoms with Crippen molar-refractivity contribution in [2.75, 3.05) is 51.8 Å². The summed E-state index contributed by atoms with van der Waals surface area (Å²) >= 11 is 0. The highest BCUT2D eigenvalue weighted by Gasteiger charge is 2.28. The molecule has 1 saturated heterocycles. The maximum atomic E-state index is 12.1. The number of nitrogens with zero attached hydrogens (tertiary/aromatic N) is 3. The Bertz CT molecular complexity index is 551. The van der Waals surface area contributed by atoms with E-state index >= 15 is 0 Å². The van der Waals surface area contributed by atoms with Gasteiger partial charge in [-0.15, -0.1) is 0 Å². The molecular formula is C18H35N3O3S. The molecule has 1 heterocycles. The van der Waals surface area contributed by atoms with E-state index in [1.807, 2.05) is 58.9 Å². The fraction of sp³-hybridized carbons (Fsp3) is 0.667. The first-order chi connectivity index (χ1) is 11.9. The van der Waals surface area contributed by atoms with Crippen molar-refractivity contribution >= 4 is 15.9 Å². The Balaban J connectivity index is 0.00000134. The third kappa shape index (κ3) is 6.84. The van der Waals surface area contributed by atoms with Gasteiger partial charge in [-0.3, -0.25) is 0 Å². The average Bonchev–Trinajstić information content (AvgIpc) is 2.66. The molecule has 0 unspecified atom stereocenters. The van der Waals surface area contributed by atoms with Crippen LogP contribution < -0.4 is 9.64 Å². The van der Waals surface area contributed by atoms with Gasteiger partial charge in [0.15, 0.2) is 0 Å². The first-order valence-corrected chi connectivity index (χ1v) is 10.5. The normalized spacial score (nSPS) is 15.0. The molecule has 0 saturated carbocycles. The Labute approximate surface area is 154 Å². The summed E-state index contributed by atoms with van der Waals surface area (Å²) in [7, 11) is -0.172. The monoisotopic (exact) mass is 373 g/mol. The number of hydrogen-bond donors (Lipinski definition) is 0. The second-order valence-corrected chi connectivity index (χ2v) is 7.25. The molecule has 0 amide bonds. The summed E-state index contributed by atoms with van der Waals surface area (Å²) in [6, 6.07) is 7.92. The zero-order valence-corrected chi connectivity index (χ0v) is 17.6. The molecule has 2 rings (SSSR count). The highest BCUT2D eigenvalue weighted by molar-refractivity contribution is 7.86. The van der Waals surface area contributed by atoms with Crippen LogP contribution in [0.2, 0.25) is 0 Å². The molecule has 25 heavy (non-hydrogen) atoms. The van der Waals surface area contributed by atoms with Crippen molar-refractivity contribution in [3.63, 3.8) is 0 Å². The Morgan fingerprint density at radius 3 is 1.84 bits per heavy atom. The van der Waals surface area contributed by atoms with Crippen LogP contribution in [0, 0.1) is 0 Å². The van der Waals surface area contributed by atoms with Crippen LogP contribution in [0.5, 0.6) is 5.75 Å². The van der Waals surface area contributed by atoms with Crippen LogP contribution in [0.1, 0.15) is 34.6 Å². The van der Waals surface area contributed by atoms with Gasteiger partial charge in [-0.25, -0.2) is 0 Å². The van der Waals surface area contributed by atoms with Gasteiger partial charge in [0.2, 0.25) is 0 Å². The fourth-order valence-corrected chi connectivity index (χ4v) is 3.41. The third-order valence-electron chi connectivity index (χ3n) is 3.54. The fourth-order valence-electron chi connectivity index (χ4n) is 2.33. The number of hydrogen-bond acceptors (Lipinski definition) is 4. The van der Waals surface area contributed by atoms with Crippen LogP contribution >= 0.6 is 0 Å². The van der Waals surface area contributed by atoms with Gasteiger partial charge >= 0.3 is 0 Å². The Morgan fingerprint density at radius 1 is 0.960 bits per heavy atom. The summed E-state index contributed by atoms with van der Waals surface area (Å²) in [5, 5.41) is 0. The maximum absolute atomic E-state index is 12.1. The van der Waals surface area contributed by atoms with Gasteiger partial charge in [-0.05, 0) is 31.2 Å². The summed E-state index contributed by atoms with van der Waals surface area (Å²) in [5.41, 5.74) is 1.10. The standard InChI is InChI=1S/C14H23N3O3S.2C2H6/c1-4-20-14-7-5-13(6-8-14)16-9-11-17(12-10-16)21(18,19)15(2)3;2*1-2/h5-8H,4,9-12H2,1-3H3;2*1-2H3. The zero-order chi connectivity index (χ0) is 19.5. The van der Waals surface area contributed by atoms with Crippen molar-refractivity contribution in [2.24, 2.45) is 0 Å². The lowest BCUT2D eigenvalue weighted by atomic mass is 10.2. The third-order valence-corrected chi connectivity index (χ3v) is 5.48. The summed E-state index contributed by atoms with van der Waals surface area (Å²) in [5.74, 6) is 0.857. The zero-order valence-electron chi connectivity index (χ0n) is 16.8. The van der Waals surface area contributed by atoms with Gasteiger partial charge in [0, 0.05) is 46.0 Å². The van der Waals surface area contributed by atoms with Crippen LogP contribution in [-0.2, 0) is 10.2 Å². The van der Waals surface area contributed by atoms with E-state index in [1.54, 1.807) is 14.1 Å². The van der Waals surface area contributed by atoms with E-state index in [9.17, 15) is 8.42 Å². The number of piperazine rings is 1. The molecule has 1 aliphatic heterocycles. The van der Waals surface area contributed by atoms with Gasteiger partial charge in [0.1, 0.15) is 5.75 Å². The molecule has 7 heteroatoms. The molecule has 0 N–H and O–H groups in total. The highest BCUT2D eigenvalue weighted by Crippen LogP contribution is 2.21. The first kappa shape index (κ1) is 23.7. The van der Waals surface area contributed by atoms with Crippen molar-refractivity contribution in [3.8, 4) is 5.75 Å². The molecule has 0 aliphatic carbocycles. The SMILES string of the molecule is CC.CC.CCOc1ccc(N2CCN(S(=O)(=O)N(C)C)CC2)cc1. The molecule has 0 radical (unpaired) electrons. The quantitative estimate of drug-likeness (QED) is 0.796. The summed E-state index contributed by atoms with van der Waals surface area (Å²) in [6.45, 7) is 13.0. The maximum Gasteiger partial charge on any atom is 0.281 e. The highest BCUT2D eigenvalue weighted by atomic mass is 32.2. The van der Waals surface area contributed by atoms with E-state index in [2.05, 4.69) is 4.90 Å². The molecular weight excluding hydrogens is 338 g/mol. The van der Waals surface area contributed by atoms with Gasteiger partial charge in [-0.2, -0.15) is 17.0 Å². The summed E-state index contributed by atoms with van der Waals surface area (Å²) < 4.78 is 32.3. The van der Waals surface area contributed by atoms with Crippen molar-refractivity contribution in [1.82, 2.24) is 8.61 Å². The number of ether oxygens (including phenoxy) is 1. The van der Waals surface area contributed by atoms with Crippen LogP contribution in [0.25, 0.3) is 0 Å². The van der Waals surface area contributed by atoms with Gasteiger partial charge < -0.3 is 9.64 Å². The van der Waals surface area contributed by atoms with Gasteiger partial charge in [0.25, 0.3) is 10.2 Å². The summed E-state index contributed by atoms with van der Waals surface area (Å²) in [4.78, 5) is 2.19. The average molecular weight is 374 g/mol.